The third kappa shape index (κ3) is 3.25. The molecule has 126 valence electrons. The molecular formula is C17H17ClN2O3S. The largest absolute Gasteiger partial charge is 0.305 e. The van der Waals surface area contributed by atoms with Crippen molar-refractivity contribution in [1.29, 1.82) is 0 Å². The SMILES string of the molecule is C[C@@H]1Cc2ccccc2N1C(=O)c1ccc(NS(C)(=O)=O)c(Cl)c1. The van der Waals surface area contributed by atoms with Gasteiger partial charge in [-0.25, -0.2) is 8.42 Å². The number of rotatable bonds is 3. The topological polar surface area (TPSA) is 66.5 Å². The molecule has 2 aromatic rings. The number of nitrogens with one attached hydrogen (secondary N) is 1. The molecule has 1 aliphatic rings. The molecule has 24 heavy (non-hydrogen) atoms. The van der Waals surface area contributed by atoms with E-state index in [1.807, 2.05) is 31.2 Å². The molecule has 3 rings (SSSR count). The molecule has 1 N–H and O–H groups in total. The third-order valence-corrected chi connectivity index (χ3v) is 4.84. The lowest BCUT2D eigenvalue weighted by molar-refractivity contribution is 0.0981. The van der Waals surface area contributed by atoms with Gasteiger partial charge in [0.2, 0.25) is 10.0 Å². The van der Waals surface area contributed by atoms with E-state index in [1.54, 1.807) is 11.0 Å². The lowest BCUT2D eigenvalue weighted by Crippen LogP contribution is -2.35. The maximum atomic E-state index is 12.9. The van der Waals surface area contributed by atoms with Crippen LogP contribution in [-0.2, 0) is 16.4 Å². The average Bonchev–Trinajstić information content (AvgIpc) is 2.83. The number of para-hydroxylation sites is 1. The van der Waals surface area contributed by atoms with Gasteiger partial charge in [-0.1, -0.05) is 29.8 Å². The molecule has 1 amide bonds. The number of amides is 1. The van der Waals surface area contributed by atoms with Crippen LogP contribution in [-0.4, -0.2) is 26.6 Å². The van der Waals surface area contributed by atoms with E-state index in [2.05, 4.69) is 4.72 Å². The number of carbonyl (C=O) groups excluding carboxylic acids is 1. The minimum absolute atomic E-state index is 0.0579. The van der Waals surface area contributed by atoms with E-state index in [0.29, 0.717) is 5.56 Å². The molecule has 1 heterocycles. The van der Waals surface area contributed by atoms with Gasteiger partial charge in [0.15, 0.2) is 0 Å². The Morgan fingerprint density at radius 2 is 1.96 bits per heavy atom. The van der Waals surface area contributed by atoms with E-state index in [1.165, 1.54) is 12.1 Å². The Labute approximate surface area is 146 Å². The van der Waals surface area contributed by atoms with E-state index < -0.39 is 10.0 Å². The van der Waals surface area contributed by atoms with E-state index in [0.717, 1.165) is 23.9 Å². The van der Waals surface area contributed by atoms with Crippen LogP contribution in [0.3, 0.4) is 0 Å². The summed E-state index contributed by atoms with van der Waals surface area (Å²) in [6.45, 7) is 2.00. The monoisotopic (exact) mass is 364 g/mol. The summed E-state index contributed by atoms with van der Waals surface area (Å²) in [6.07, 6.45) is 1.86. The number of hydrogen-bond acceptors (Lipinski definition) is 3. The van der Waals surface area contributed by atoms with Crippen molar-refractivity contribution in [3.05, 3.63) is 58.6 Å². The molecule has 0 fully saturated rings. The first-order chi connectivity index (χ1) is 11.3. The average molecular weight is 365 g/mol. The first kappa shape index (κ1) is 16.8. The minimum Gasteiger partial charge on any atom is -0.305 e. The van der Waals surface area contributed by atoms with Crippen molar-refractivity contribution in [3.63, 3.8) is 0 Å². The highest BCUT2D eigenvalue weighted by molar-refractivity contribution is 7.92. The maximum absolute atomic E-state index is 12.9. The lowest BCUT2D eigenvalue weighted by atomic mass is 10.1. The molecule has 1 aliphatic heterocycles. The number of hydrogen-bond donors (Lipinski definition) is 1. The first-order valence-electron chi connectivity index (χ1n) is 7.45. The second-order valence-corrected chi connectivity index (χ2v) is 8.08. The van der Waals surface area contributed by atoms with E-state index in [4.69, 9.17) is 11.6 Å². The predicted octanol–water partition coefficient (Wildman–Crippen LogP) is 3.30. The van der Waals surface area contributed by atoms with Gasteiger partial charge in [-0.15, -0.1) is 0 Å². The Bertz CT molecular complexity index is 912. The highest BCUT2D eigenvalue weighted by Crippen LogP contribution is 2.34. The smallest absolute Gasteiger partial charge is 0.258 e. The molecule has 0 saturated heterocycles. The second kappa shape index (κ2) is 6.11. The molecule has 0 spiro atoms. The normalized spacial score (nSPS) is 16.8. The molecule has 0 radical (unpaired) electrons. The Hall–Kier alpha value is -2.05. The van der Waals surface area contributed by atoms with Crippen LogP contribution in [0.25, 0.3) is 0 Å². The number of fused-ring (bicyclic) bond motifs is 1. The van der Waals surface area contributed by atoms with Crippen LogP contribution < -0.4 is 9.62 Å². The molecule has 0 saturated carbocycles. The Morgan fingerprint density at radius 3 is 2.62 bits per heavy atom. The van der Waals surface area contributed by atoms with Gasteiger partial charge < -0.3 is 4.90 Å². The van der Waals surface area contributed by atoms with Crippen molar-refractivity contribution in [1.82, 2.24) is 0 Å². The first-order valence-corrected chi connectivity index (χ1v) is 9.72. The number of halogens is 1. The van der Waals surface area contributed by atoms with Gasteiger partial charge in [0.25, 0.3) is 5.91 Å². The molecule has 5 nitrogen and oxygen atoms in total. The van der Waals surface area contributed by atoms with Crippen LogP contribution in [0.2, 0.25) is 5.02 Å². The zero-order chi connectivity index (χ0) is 17.5. The Kier molecular flexibility index (Phi) is 4.27. The van der Waals surface area contributed by atoms with Gasteiger partial charge in [0.05, 0.1) is 17.0 Å². The van der Waals surface area contributed by atoms with Crippen molar-refractivity contribution in [2.45, 2.75) is 19.4 Å². The highest BCUT2D eigenvalue weighted by Gasteiger charge is 2.31. The van der Waals surface area contributed by atoms with Crippen molar-refractivity contribution < 1.29 is 13.2 Å². The second-order valence-electron chi connectivity index (χ2n) is 5.93. The molecule has 0 unspecified atom stereocenters. The zero-order valence-electron chi connectivity index (χ0n) is 13.3. The van der Waals surface area contributed by atoms with Crippen molar-refractivity contribution in [2.75, 3.05) is 15.9 Å². The third-order valence-electron chi connectivity index (χ3n) is 3.94. The van der Waals surface area contributed by atoms with Crippen LogP contribution in [0.4, 0.5) is 11.4 Å². The Balaban J connectivity index is 1.92. The summed E-state index contributed by atoms with van der Waals surface area (Å²) in [4.78, 5) is 14.7. The molecule has 1 atom stereocenters. The number of anilines is 2. The van der Waals surface area contributed by atoms with Crippen LogP contribution in [0, 0.1) is 0 Å². The Morgan fingerprint density at radius 1 is 1.25 bits per heavy atom. The van der Waals surface area contributed by atoms with Gasteiger partial charge in [0, 0.05) is 17.3 Å². The van der Waals surface area contributed by atoms with Gasteiger partial charge in [-0.2, -0.15) is 0 Å². The fourth-order valence-corrected chi connectivity index (χ4v) is 3.81. The van der Waals surface area contributed by atoms with Gasteiger partial charge >= 0.3 is 0 Å². The van der Waals surface area contributed by atoms with Gasteiger partial charge in [0.1, 0.15) is 0 Å². The van der Waals surface area contributed by atoms with Crippen LogP contribution >= 0.6 is 11.6 Å². The molecule has 7 heteroatoms. The molecular weight excluding hydrogens is 348 g/mol. The standard InChI is InChI=1S/C17H17ClN2O3S/c1-11-9-12-5-3-4-6-16(12)20(11)17(21)13-7-8-15(14(18)10-13)19-24(2,22)23/h3-8,10-11,19H,9H2,1-2H3/t11-/m1/s1. The molecule has 0 aromatic heterocycles. The number of sulfonamides is 1. The maximum Gasteiger partial charge on any atom is 0.258 e. The van der Waals surface area contributed by atoms with Crippen LogP contribution in [0.15, 0.2) is 42.5 Å². The fraction of sp³-hybridized carbons (Fsp3) is 0.235. The van der Waals surface area contributed by atoms with E-state index in [-0.39, 0.29) is 22.7 Å². The molecule has 0 bridgehead atoms. The van der Waals surface area contributed by atoms with Crippen molar-refractivity contribution in [3.8, 4) is 0 Å². The van der Waals surface area contributed by atoms with Crippen molar-refractivity contribution in [2.24, 2.45) is 0 Å². The predicted molar refractivity (Wildman–Crippen MR) is 96.3 cm³/mol. The summed E-state index contributed by atoms with van der Waals surface area (Å²) >= 11 is 6.13. The van der Waals surface area contributed by atoms with E-state index in [9.17, 15) is 13.2 Å². The number of nitrogens with zero attached hydrogens (tertiary/aromatic N) is 1. The summed E-state index contributed by atoms with van der Waals surface area (Å²) < 4.78 is 25.0. The lowest BCUT2D eigenvalue weighted by Gasteiger charge is -2.23. The summed E-state index contributed by atoms with van der Waals surface area (Å²) in [6, 6.07) is 12.4. The molecule has 0 aliphatic carbocycles. The summed E-state index contributed by atoms with van der Waals surface area (Å²) in [5.74, 6) is -0.153. The van der Waals surface area contributed by atoms with Crippen LogP contribution in [0.5, 0.6) is 0 Å². The fourth-order valence-electron chi connectivity index (χ4n) is 2.94. The minimum atomic E-state index is -3.43. The zero-order valence-corrected chi connectivity index (χ0v) is 14.9. The highest BCUT2D eigenvalue weighted by atomic mass is 35.5. The van der Waals surface area contributed by atoms with Crippen molar-refractivity contribution >= 4 is 38.9 Å². The molecule has 2 aromatic carbocycles. The van der Waals surface area contributed by atoms with Crippen LogP contribution in [0.1, 0.15) is 22.8 Å². The van der Waals surface area contributed by atoms with Gasteiger partial charge in [-0.3, -0.25) is 9.52 Å². The summed E-state index contributed by atoms with van der Waals surface area (Å²) in [5, 5.41) is 0.186. The quantitative estimate of drug-likeness (QED) is 0.908. The number of carbonyl (C=O) groups is 1. The van der Waals surface area contributed by atoms with Gasteiger partial charge in [-0.05, 0) is 43.2 Å². The van der Waals surface area contributed by atoms with E-state index >= 15 is 0 Å². The summed E-state index contributed by atoms with van der Waals surface area (Å²) in [7, 11) is -3.43. The summed E-state index contributed by atoms with van der Waals surface area (Å²) in [5.41, 5.74) is 2.72. The number of benzene rings is 2.